The average molecular weight is 560 g/mol. The molecular weight excluding hydrogens is 526 g/mol. The van der Waals surface area contributed by atoms with Crippen molar-refractivity contribution in [3.8, 4) is 5.75 Å². The molecule has 0 aliphatic heterocycles. The SMILES string of the molecule is C=CCC(Cn1cccn1)(C(=O)NS(C)(=O)=O)N(Cc1nccs1)C(=O)c1ccc(C(C)(C)C)c(OC)c1. The number of methoxy groups -OCH3 is 1. The van der Waals surface area contributed by atoms with Crippen LogP contribution in [-0.4, -0.2) is 58.8 Å². The van der Waals surface area contributed by atoms with E-state index in [0.29, 0.717) is 10.8 Å². The van der Waals surface area contributed by atoms with Crippen molar-refractivity contribution in [2.75, 3.05) is 13.4 Å². The van der Waals surface area contributed by atoms with Gasteiger partial charge in [0.25, 0.3) is 11.8 Å². The number of hydrogen-bond donors (Lipinski definition) is 1. The number of nitrogens with one attached hydrogen (secondary N) is 1. The number of hydrogen-bond acceptors (Lipinski definition) is 8. The number of benzene rings is 1. The Hall–Kier alpha value is -3.51. The summed E-state index contributed by atoms with van der Waals surface area (Å²) in [5, 5.41) is 6.55. The topological polar surface area (TPSA) is 123 Å². The van der Waals surface area contributed by atoms with Crippen LogP contribution in [0.2, 0.25) is 0 Å². The largest absolute Gasteiger partial charge is 0.496 e. The number of amides is 2. The monoisotopic (exact) mass is 559 g/mol. The van der Waals surface area contributed by atoms with E-state index in [1.165, 1.54) is 40.3 Å². The fourth-order valence-corrected chi connectivity index (χ4v) is 5.33. The summed E-state index contributed by atoms with van der Waals surface area (Å²) in [6.45, 7) is 9.74. The molecule has 1 unspecified atom stereocenters. The summed E-state index contributed by atoms with van der Waals surface area (Å²) >= 11 is 1.32. The molecule has 0 spiro atoms. The lowest BCUT2D eigenvalue weighted by Gasteiger charge is -2.41. The molecule has 0 saturated carbocycles. The molecule has 0 aliphatic rings. The van der Waals surface area contributed by atoms with Crippen LogP contribution in [0.5, 0.6) is 5.75 Å². The van der Waals surface area contributed by atoms with Crippen molar-refractivity contribution in [1.29, 1.82) is 0 Å². The van der Waals surface area contributed by atoms with Gasteiger partial charge in [-0.3, -0.25) is 19.0 Å². The lowest BCUT2D eigenvalue weighted by atomic mass is 9.85. The van der Waals surface area contributed by atoms with Crippen molar-refractivity contribution >= 4 is 33.2 Å². The molecule has 1 atom stereocenters. The molecule has 3 rings (SSSR count). The molecule has 2 amide bonds. The molecule has 0 aliphatic carbocycles. The van der Waals surface area contributed by atoms with Gasteiger partial charge < -0.3 is 9.64 Å². The first kappa shape index (κ1) is 29.1. The van der Waals surface area contributed by atoms with E-state index >= 15 is 0 Å². The average Bonchev–Trinajstić information content (AvgIpc) is 3.54. The molecule has 10 nitrogen and oxygen atoms in total. The summed E-state index contributed by atoms with van der Waals surface area (Å²) < 4.78 is 33.5. The van der Waals surface area contributed by atoms with Gasteiger partial charge in [-0.05, 0) is 35.6 Å². The van der Waals surface area contributed by atoms with Gasteiger partial charge in [-0.25, -0.2) is 13.4 Å². The van der Waals surface area contributed by atoms with Crippen LogP contribution in [0.4, 0.5) is 0 Å². The quantitative estimate of drug-likeness (QED) is 0.357. The third-order valence-corrected chi connectivity index (χ3v) is 7.28. The number of carbonyl (C=O) groups is 2. The molecule has 204 valence electrons. The van der Waals surface area contributed by atoms with Crippen molar-refractivity contribution < 1.29 is 22.7 Å². The predicted octanol–water partition coefficient (Wildman–Crippen LogP) is 3.38. The Kier molecular flexibility index (Phi) is 8.78. The van der Waals surface area contributed by atoms with Crippen LogP contribution in [0.15, 0.2) is 60.9 Å². The Morgan fingerprint density at radius 1 is 1.26 bits per heavy atom. The summed E-state index contributed by atoms with van der Waals surface area (Å²) in [6, 6.07) is 6.82. The Balaban J connectivity index is 2.23. The van der Waals surface area contributed by atoms with Crippen molar-refractivity contribution in [3.63, 3.8) is 0 Å². The minimum atomic E-state index is -3.96. The molecule has 0 radical (unpaired) electrons. The Morgan fingerprint density at radius 2 is 2.00 bits per heavy atom. The van der Waals surface area contributed by atoms with Crippen LogP contribution >= 0.6 is 11.3 Å². The fourth-order valence-electron chi connectivity index (χ4n) is 4.19. The second-order valence-electron chi connectivity index (χ2n) is 9.91. The van der Waals surface area contributed by atoms with Gasteiger partial charge in [0.1, 0.15) is 16.3 Å². The third kappa shape index (κ3) is 6.67. The second kappa shape index (κ2) is 11.5. The van der Waals surface area contributed by atoms with E-state index < -0.39 is 27.4 Å². The number of nitrogens with zero attached hydrogens (tertiary/aromatic N) is 4. The van der Waals surface area contributed by atoms with Crippen molar-refractivity contribution in [2.45, 2.75) is 51.2 Å². The molecule has 1 N–H and O–H groups in total. The summed E-state index contributed by atoms with van der Waals surface area (Å²) in [6.07, 6.45) is 7.10. The molecule has 12 heteroatoms. The van der Waals surface area contributed by atoms with Gasteiger partial charge in [0.15, 0.2) is 0 Å². The highest BCUT2D eigenvalue weighted by Crippen LogP contribution is 2.34. The summed E-state index contributed by atoms with van der Waals surface area (Å²) in [4.78, 5) is 33.7. The van der Waals surface area contributed by atoms with Crippen LogP contribution in [-0.2, 0) is 33.3 Å². The Morgan fingerprint density at radius 3 is 2.53 bits per heavy atom. The molecule has 0 saturated heterocycles. The standard InChI is InChI=1S/C26H33N5O5S2/c1-7-11-26(18-30-14-8-12-28-30,24(33)29-38(6,34)35)31(17-22-27-13-15-37-22)23(32)19-9-10-20(25(2,3)4)21(16-19)36-5/h7-10,12-16H,1,11,17-18H2,2-6H3,(H,29,33). The third-order valence-electron chi connectivity index (χ3n) is 5.96. The normalized spacial score (nSPS) is 13.4. The molecule has 38 heavy (non-hydrogen) atoms. The van der Waals surface area contributed by atoms with Crippen LogP contribution in [0, 0.1) is 0 Å². The van der Waals surface area contributed by atoms with E-state index in [2.05, 4.69) is 21.4 Å². The molecule has 1 aromatic carbocycles. The van der Waals surface area contributed by atoms with Crippen molar-refractivity contribution in [2.24, 2.45) is 0 Å². The molecule has 2 aromatic heterocycles. The zero-order chi connectivity index (χ0) is 28.1. The highest BCUT2D eigenvalue weighted by molar-refractivity contribution is 7.89. The fraction of sp³-hybridized carbons (Fsp3) is 0.385. The summed E-state index contributed by atoms with van der Waals surface area (Å²) in [5.41, 5.74) is -0.773. The minimum absolute atomic E-state index is 0.0495. The van der Waals surface area contributed by atoms with Crippen molar-refractivity contribution in [3.05, 3.63) is 77.0 Å². The molecule has 3 aromatic rings. The maximum atomic E-state index is 14.3. The molecule has 0 fully saturated rings. The first-order valence-corrected chi connectivity index (χ1v) is 14.6. The van der Waals surface area contributed by atoms with Gasteiger partial charge in [-0.15, -0.1) is 17.9 Å². The number of sulfonamides is 1. The number of carbonyl (C=O) groups excluding carboxylic acids is 2. The summed E-state index contributed by atoms with van der Waals surface area (Å²) in [5.74, 6) is -0.852. The smallest absolute Gasteiger partial charge is 0.261 e. The minimum Gasteiger partial charge on any atom is -0.496 e. The highest BCUT2D eigenvalue weighted by atomic mass is 32.2. The van der Waals surface area contributed by atoms with Crippen LogP contribution in [0.3, 0.4) is 0 Å². The van der Waals surface area contributed by atoms with Gasteiger partial charge in [0, 0.05) is 29.5 Å². The highest BCUT2D eigenvalue weighted by Gasteiger charge is 2.48. The van der Waals surface area contributed by atoms with E-state index in [4.69, 9.17) is 4.74 Å². The second-order valence-corrected chi connectivity index (χ2v) is 12.6. The van der Waals surface area contributed by atoms with Crippen molar-refractivity contribution in [1.82, 2.24) is 24.4 Å². The van der Waals surface area contributed by atoms with Gasteiger partial charge >= 0.3 is 0 Å². The van der Waals surface area contributed by atoms with Crippen LogP contribution in [0.1, 0.15) is 48.1 Å². The zero-order valence-electron chi connectivity index (χ0n) is 22.2. The number of ether oxygens (including phenoxy) is 1. The van der Waals surface area contributed by atoms with Gasteiger partial charge in [0.2, 0.25) is 10.0 Å². The Labute approximate surface area is 227 Å². The number of thiazole rings is 1. The molecular formula is C26H33N5O5S2. The van der Waals surface area contributed by atoms with Crippen LogP contribution in [0.25, 0.3) is 0 Å². The number of rotatable bonds is 11. The van der Waals surface area contributed by atoms with Gasteiger partial charge in [-0.1, -0.05) is 32.9 Å². The maximum Gasteiger partial charge on any atom is 0.261 e. The molecule has 2 heterocycles. The van der Waals surface area contributed by atoms with E-state index in [0.717, 1.165) is 11.8 Å². The Bertz CT molecular complexity index is 1380. The first-order valence-electron chi connectivity index (χ1n) is 11.8. The van der Waals surface area contributed by atoms with E-state index in [-0.39, 0.29) is 30.5 Å². The number of aromatic nitrogens is 3. The van der Waals surface area contributed by atoms with E-state index in [1.54, 1.807) is 36.0 Å². The van der Waals surface area contributed by atoms with E-state index in [9.17, 15) is 18.0 Å². The maximum absolute atomic E-state index is 14.3. The van der Waals surface area contributed by atoms with Gasteiger partial charge in [-0.2, -0.15) is 5.10 Å². The lowest BCUT2D eigenvalue weighted by molar-refractivity contribution is -0.131. The first-order chi connectivity index (χ1) is 17.8. The van der Waals surface area contributed by atoms with Gasteiger partial charge in [0.05, 0.1) is 26.5 Å². The van der Waals surface area contributed by atoms with Crippen LogP contribution < -0.4 is 9.46 Å². The molecule has 0 bridgehead atoms. The zero-order valence-corrected chi connectivity index (χ0v) is 23.8. The van der Waals surface area contributed by atoms with E-state index in [1.807, 2.05) is 26.8 Å². The summed E-state index contributed by atoms with van der Waals surface area (Å²) in [7, 11) is -2.42. The predicted molar refractivity (Wildman–Crippen MR) is 146 cm³/mol. The lowest BCUT2D eigenvalue weighted by Crippen LogP contribution is -2.63.